The van der Waals surface area contributed by atoms with Gasteiger partial charge in [0.15, 0.2) is 11.2 Å². The number of halogens is 4. The Morgan fingerprint density at radius 2 is 1.76 bits per heavy atom. The summed E-state index contributed by atoms with van der Waals surface area (Å²) in [5.41, 5.74) is 1.08. The number of nitrogens with zero attached hydrogens (tertiary/aromatic N) is 4. The molecule has 0 aliphatic carbocycles. The molecule has 13 heteroatoms. The SMILES string of the molecule is COc1cc(OC(F)F)ncc1-c1nc2c(n1C(C)C)C1(C(=O)Nc3cc(Cl)ccc31)N(c1cc(Cl)ccc1C)C2=O. The number of methoxy groups -OCH3 is 1. The van der Waals surface area contributed by atoms with E-state index >= 15 is 0 Å². The van der Waals surface area contributed by atoms with E-state index in [-0.39, 0.29) is 29.2 Å². The van der Waals surface area contributed by atoms with Crippen molar-refractivity contribution in [3.8, 4) is 23.0 Å². The molecule has 1 N–H and O–H groups in total. The highest BCUT2D eigenvalue weighted by molar-refractivity contribution is 6.32. The summed E-state index contributed by atoms with van der Waals surface area (Å²) in [5.74, 6) is -0.965. The standard InChI is InChI=1S/C29H23Cl2F2N5O4/c1-13(2)37-24-23(36-25(37)17-12-34-22(42-28(32)33)11-21(17)41-4)26(39)38(20-10-16(31)6-5-14(20)3)29(24)18-8-7-15(30)9-19(18)35-27(29)40/h5-13,28H,1-4H3,(H,35,40). The second-order valence-electron chi connectivity index (χ2n) is 10.1. The van der Waals surface area contributed by atoms with Gasteiger partial charge >= 0.3 is 6.61 Å². The van der Waals surface area contributed by atoms with Gasteiger partial charge in [0.25, 0.3) is 11.8 Å². The second kappa shape index (κ2) is 9.95. The zero-order chi connectivity index (χ0) is 30.1. The fourth-order valence-electron chi connectivity index (χ4n) is 5.74. The molecule has 216 valence electrons. The molecule has 0 fully saturated rings. The molecule has 0 saturated carbocycles. The van der Waals surface area contributed by atoms with E-state index in [0.29, 0.717) is 43.8 Å². The molecule has 2 aliphatic rings. The van der Waals surface area contributed by atoms with E-state index in [1.165, 1.54) is 24.3 Å². The Kier molecular flexibility index (Phi) is 6.62. The van der Waals surface area contributed by atoms with Crippen molar-refractivity contribution in [3.63, 3.8) is 0 Å². The van der Waals surface area contributed by atoms with Crippen LogP contribution in [-0.4, -0.2) is 40.1 Å². The van der Waals surface area contributed by atoms with Gasteiger partial charge in [-0.1, -0.05) is 35.3 Å². The molecule has 9 nitrogen and oxygen atoms in total. The van der Waals surface area contributed by atoms with Crippen molar-refractivity contribution < 1.29 is 27.8 Å². The number of carbonyl (C=O) groups excluding carboxylic acids is 2. The van der Waals surface area contributed by atoms with E-state index in [1.807, 2.05) is 20.8 Å². The fraction of sp³-hybridized carbons (Fsp3) is 0.241. The highest BCUT2D eigenvalue weighted by atomic mass is 35.5. The van der Waals surface area contributed by atoms with Crippen LogP contribution >= 0.6 is 23.2 Å². The maximum atomic E-state index is 14.4. The van der Waals surface area contributed by atoms with Gasteiger partial charge in [0.1, 0.15) is 11.6 Å². The summed E-state index contributed by atoms with van der Waals surface area (Å²) in [6, 6.07) is 11.0. The minimum Gasteiger partial charge on any atom is -0.496 e. The third kappa shape index (κ3) is 3.94. The van der Waals surface area contributed by atoms with Crippen molar-refractivity contribution in [1.82, 2.24) is 14.5 Å². The van der Waals surface area contributed by atoms with Gasteiger partial charge in [-0.05, 0) is 50.6 Å². The number of alkyl halides is 2. The van der Waals surface area contributed by atoms with Crippen LogP contribution in [0.5, 0.6) is 11.6 Å². The van der Waals surface area contributed by atoms with E-state index in [0.717, 1.165) is 0 Å². The van der Waals surface area contributed by atoms with Crippen LogP contribution in [0, 0.1) is 6.92 Å². The molecular weight excluding hydrogens is 591 g/mol. The summed E-state index contributed by atoms with van der Waals surface area (Å²) in [6.07, 6.45) is 1.28. The number of aryl methyl sites for hydroxylation is 1. The van der Waals surface area contributed by atoms with Gasteiger partial charge in [-0.25, -0.2) is 9.97 Å². The first kappa shape index (κ1) is 27.9. The molecule has 6 rings (SSSR count). The maximum Gasteiger partial charge on any atom is 0.388 e. The molecule has 2 amide bonds. The zero-order valence-electron chi connectivity index (χ0n) is 22.7. The number of carbonyl (C=O) groups is 2. The molecule has 0 radical (unpaired) electrons. The third-order valence-electron chi connectivity index (χ3n) is 7.38. The number of amides is 2. The van der Waals surface area contributed by atoms with Gasteiger partial charge in [0.2, 0.25) is 5.88 Å². The molecular formula is C29H23Cl2F2N5O4. The summed E-state index contributed by atoms with van der Waals surface area (Å²) >= 11 is 12.7. The van der Waals surface area contributed by atoms with Gasteiger partial charge in [0.05, 0.1) is 24.1 Å². The lowest BCUT2D eigenvalue weighted by atomic mass is 9.86. The Balaban J connectivity index is 1.68. The number of aromatic nitrogens is 3. The Bertz CT molecular complexity index is 1790. The predicted octanol–water partition coefficient (Wildman–Crippen LogP) is 6.61. The lowest BCUT2D eigenvalue weighted by Gasteiger charge is -2.36. The van der Waals surface area contributed by atoms with Gasteiger partial charge < -0.3 is 19.4 Å². The van der Waals surface area contributed by atoms with Gasteiger partial charge in [-0.3, -0.25) is 14.5 Å². The quantitative estimate of drug-likeness (QED) is 0.263. The highest BCUT2D eigenvalue weighted by Gasteiger charge is 2.64. The van der Waals surface area contributed by atoms with Crippen LogP contribution in [0.4, 0.5) is 20.2 Å². The smallest absolute Gasteiger partial charge is 0.388 e. The van der Waals surface area contributed by atoms with Crippen LogP contribution in [-0.2, 0) is 10.3 Å². The Morgan fingerprint density at radius 1 is 1.05 bits per heavy atom. The number of fused-ring (bicyclic) bond motifs is 4. The average Bonchev–Trinajstić information content (AvgIpc) is 3.53. The highest BCUT2D eigenvalue weighted by Crippen LogP contribution is 2.55. The van der Waals surface area contributed by atoms with Crippen LogP contribution in [0.15, 0.2) is 48.7 Å². The lowest BCUT2D eigenvalue weighted by molar-refractivity contribution is -0.119. The third-order valence-corrected chi connectivity index (χ3v) is 7.85. The van der Waals surface area contributed by atoms with Crippen molar-refractivity contribution in [1.29, 1.82) is 0 Å². The zero-order valence-corrected chi connectivity index (χ0v) is 24.2. The Hall–Kier alpha value is -4.22. The van der Waals surface area contributed by atoms with Crippen LogP contribution in [0.3, 0.4) is 0 Å². The number of benzene rings is 2. The summed E-state index contributed by atoms with van der Waals surface area (Å²) < 4.78 is 37.4. The molecule has 4 heterocycles. The Labute approximate surface area is 249 Å². The monoisotopic (exact) mass is 613 g/mol. The van der Waals surface area contributed by atoms with Crippen LogP contribution < -0.4 is 19.7 Å². The average molecular weight is 614 g/mol. The number of imidazole rings is 1. The molecule has 2 aliphatic heterocycles. The second-order valence-corrected chi connectivity index (χ2v) is 11.0. The molecule has 4 aromatic rings. The number of hydrogen-bond donors (Lipinski definition) is 1. The van der Waals surface area contributed by atoms with Gasteiger partial charge in [-0.15, -0.1) is 0 Å². The minimum atomic E-state index is -3.08. The molecule has 0 saturated heterocycles. The lowest BCUT2D eigenvalue weighted by Crippen LogP contribution is -2.51. The van der Waals surface area contributed by atoms with Crippen molar-refractivity contribution in [2.45, 2.75) is 39.0 Å². The number of anilines is 2. The van der Waals surface area contributed by atoms with Crippen LogP contribution in [0.1, 0.15) is 47.2 Å². The van der Waals surface area contributed by atoms with Gasteiger partial charge in [-0.2, -0.15) is 8.78 Å². The van der Waals surface area contributed by atoms with Crippen molar-refractivity contribution in [3.05, 3.63) is 81.2 Å². The number of ether oxygens (including phenoxy) is 2. The number of pyridine rings is 1. The minimum absolute atomic E-state index is 0.0333. The normalized spacial score (nSPS) is 17.3. The Morgan fingerprint density at radius 3 is 2.45 bits per heavy atom. The van der Waals surface area contributed by atoms with Gasteiger partial charge in [0, 0.05) is 39.6 Å². The topological polar surface area (TPSA) is 98.6 Å². The molecule has 1 atom stereocenters. The van der Waals surface area contributed by atoms with Crippen molar-refractivity contribution >= 4 is 46.4 Å². The summed E-state index contributed by atoms with van der Waals surface area (Å²) in [4.78, 5) is 38.9. The van der Waals surface area contributed by atoms with Crippen molar-refractivity contribution in [2.24, 2.45) is 0 Å². The first-order valence-electron chi connectivity index (χ1n) is 12.8. The summed E-state index contributed by atoms with van der Waals surface area (Å²) in [6.45, 7) is 2.49. The van der Waals surface area contributed by atoms with E-state index in [2.05, 4.69) is 15.0 Å². The molecule has 42 heavy (non-hydrogen) atoms. The number of hydrogen-bond acceptors (Lipinski definition) is 6. The predicted molar refractivity (Wildman–Crippen MR) is 153 cm³/mol. The molecule has 2 aromatic heterocycles. The van der Waals surface area contributed by atoms with Crippen molar-refractivity contribution in [2.75, 3.05) is 17.3 Å². The first-order chi connectivity index (χ1) is 20.0. The number of rotatable bonds is 6. The molecule has 1 unspecified atom stereocenters. The number of nitrogens with one attached hydrogen (secondary N) is 1. The van der Waals surface area contributed by atoms with E-state index in [1.54, 1.807) is 41.0 Å². The summed E-state index contributed by atoms with van der Waals surface area (Å²) in [7, 11) is 1.36. The van der Waals surface area contributed by atoms with E-state index in [4.69, 9.17) is 32.9 Å². The largest absolute Gasteiger partial charge is 0.496 e. The molecule has 0 bridgehead atoms. The van der Waals surface area contributed by atoms with Crippen LogP contribution in [0.2, 0.25) is 10.0 Å². The first-order valence-corrected chi connectivity index (χ1v) is 13.6. The van der Waals surface area contributed by atoms with E-state index in [9.17, 15) is 18.4 Å². The molecule has 1 spiro atoms. The maximum absolute atomic E-state index is 14.4. The van der Waals surface area contributed by atoms with Crippen LogP contribution in [0.25, 0.3) is 11.4 Å². The molecule has 2 aromatic carbocycles. The summed E-state index contributed by atoms with van der Waals surface area (Å²) in [5, 5.41) is 3.70. The van der Waals surface area contributed by atoms with E-state index < -0.39 is 24.0 Å². The fourth-order valence-corrected chi connectivity index (χ4v) is 6.08.